The van der Waals surface area contributed by atoms with E-state index in [0.717, 1.165) is 33.5 Å². The molecule has 5 aromatic carbocycles. The minimum absolute atomic E-state index is 0.261. The molecule has 0 aliphatic heterocycles. The number of hydrogen-bond acceptors (Lipinski definition) is 14. The first-order valence-electron chi connectivity index (χ1n) is 16.7. The minimum Gasteiger partial charge on any atom is -0.457 e. The zero-order valence-corrected chi connectivity index (χ0v) is 30.2. The van der Waals surface area contributed by atoms with Crippen molar-refractivity contribution in [2.75, 3.05) is 19.0 Å². The van der Waals surface area contributed by atoms with Gasteiger partial charge in [0.1, 0.15) is 23.0 Å². The van der Waals surface area contributed by atoms with Crippen LogP contribution in [0, 0.1) is 0 Å². The number of nitrogens with zero attached hydrogens (tertiary/aromatic N) is 2. The number of nitrogens with one attached hydrogen (secondary N) is 1. The molecule has 0 radical (unpaired) electrons. The Morgan fingerprint density at radius 1 is 0.661 bits per heavy atom. The van der Waals surface area contributed by atoms with Gasteiger partial charge in [-0.1, -0.05) is 54.8 Å². The topological polar surface area (TPSA) is 161 Å². The molecule has 280 valence electrons. The highest BCUT2D eigenvalue weighted by Gasteiger charge is 2.14. The molecule has 1 N–H and O–H groups in total. The van der Waals surface area contributed by atoms with Crippen molar-refractivity contribution in [1.82, 2.24) is 4.98 Å². The summed E-state index contributed by atoms with van der Waals surface area (Å²) in [6, 6.07) is 32.0. The van der Waals surface area contributed by atoms with Crippen LogP contribution in [-0.4, -0.2) is 48.7 Å². The van der Waals surface area contributed by atoms with E-state index >= 15 is 0 Å². The van der Waals surface area contributed by atoms with Gasteiger partial charge in [-0.15, -0.1) is 0 Å². The van der Waals surface area contributed by atoms with Crippen LogP contribution in [0.5, 0.6) is 23.0 Å². The Labute approximate surface area is 324 Å². The Balaban J connectivity index is 1.15. The molecule has 56 heavy (non-hydrogen) atoms. The molecule has 6 rings (SSSR count). The molecule has 0 aliphatic carbocycles. The summed E-state index contributed by atoms with van der Waals surface area (Å²) >= 11 is 1.45. The normalized spacial score (nSPS) is 10.6. The summed E-state index contributed by atoms with van der Waals surface area (Å²) in [7, 11) is 0. The molecule has 1 aromatic heterocycles. The fourth-order valence-corrected chi connectivity index (χ4v) is 5.70. The molecule has 0 amide bonds. The van der Waals surface area contributed by atoms with Crippen molar-refractivity contribution in [3.05, 3.63) is 157 Å². The van der Waals surface area contributed by atoms with Gasteiger partial charge in [0.05, 0.1) is 27.6 Å². The van der Waals surface area contributed by atoms with E-state index < -0.39 is 23.9 Å². The van der Waals surface area contributed by atoms with E-state index in [1.54, 1.807) is 72.9 Å². The standard InChI is InChI=1S/C42H31N3O10S/c1-3-38(46)52-25-50-31-15-11-28(12-16-31)40(48)54-33-19-9-27(10-20-33)35-22-21-34(23-30(35)24-43-45-42-44-36-7-5-6-8-37(36)56-42)55-41(49)29-13-17-32(18-14-29)51-26-53-39(47)4-2/h3-24H,1-2,25-26H2,(H,44,45)/b43-24+. The summed E-state index contributed by atoms with van der Waals surface area (Å²) < 4.78 is 32.6. The lowest BCUT2D eigenvalue weighted by molar-refractivity contribution is -0.145. The molecular weight excluding hydrogens is 739 g/mol. The smallest absolute Gasteiger partial charge is 0.343 e. The third-order valence-electron chi connectivity index (χ3n) is 7.63. The number of fused-ring (bicyclic) bond motifs is 1. The molecule has 0 saturated heterocycles. The van der Waals surface area contributed by atoms with Crippen LogP contribution in [0.15, 0.2) is 146 Å². The largest absolute Gasteiger partial charge is 0.457 e. The second kappa shape index (κ2) is 18.4. The summed E-state index contributed by atoms with van der Waals surface area (Å²) in [6.45, 7) is 6.03. The number of ether oxygens (including phenoxy) is 6. The molecule has 0 unspecified atom stereocenters. The highest BCUT2D eigenvalue weighted by atomic mass is 32.1. The first-order chi connectivity index (χ1) is 27.3. The fraction of sp³-hybridized carbons (Fsp3) is 0.0476. The fourth-order valence-electron chi connectivity index (χ4n) is 4.89. The van der Waals surface area contributed by atoms with Crippen LogP contribution in [0.3, 0.4) is 0 Å². The minimum atomic E-state index is -0.620. The predicted octanol–water partition coefficient (Wildman–Crippen LogP) is 7.98. The number of hydrogen-bond donors (Lipinski definition) is 1. The molecule has 6 aromatic rings. The Morgan fingerprint density at radius 3 is 1.77 bits per heavy atom. The lowest BCUT2D eigenvalue weighted by Crippen LogP contribution is -2.10. The monoisotopic (exact) mass is 769 g/mol. The first-order valence-corrected chi connectivity index (χ1v) is 17.5. The zero-order chi connectivity index (χ0) is 39.3. The van der Waals surface area contributed by atoms with Crippen LogP contribution in [0.25, 0.3) is 21.3 Å². The number of benzene rings is 5. The highest BCUT2D eigenvalue weighted by molar-refractivity contribution is 7.22. The maximum absolute atomic E-state index is 13.1. The van der Waals surface area contributed by atoms with E-state index in [2.05, 4.69) is 28.7 Å². The average molecular weight is 770 g/mol. The maximum atomic E-state index is 13.1. The second-order valence-corrected chi connectivity index (χ2v) is 12.3. The number of rotatable bonds is 16. The summed E-state index contributed by atoms with van der Waals surface area (Å²) in [5.41, 5.74) is 6.47. The van der Waals surface area contributed by atoms with E-state index in [-0.39, 0.29) is 30.5 Å². The van der Waals surface area contributed by atoms with Crippen molar-refractivity contribution in [3.63, 3.8) is 0 Å². The van der Waals surface area contributed by atoms with Crippen molar-refractivity contribution in [2.45, 2.75) is 0 Å². The van der Waals surface area contributed by atoms with E-state index in [0.29, 0.717) is 27.9 Å². The SMILES string of the molecule is C=CC(=O)OCOc1ccc(C(=O)Oc2ccc(-c3ccc(OC(=O)c4ccc(OCOC(=O)C=C)cc4)cc3/C=N/Nc3nc4ccccc4s3)cc2)cc1. The van der Waals surface area contributed by atoms with Gasteiger partial charge in [-0.25, -0.2) is 24.2 Å². The predicted molar refractivity (Wildman–Crippen MR) is 209 cm³/mol. The van der Waals surface area contributed by atoms with Crippen molar-refractivity contribution < 1.29 is 47.6 Å². The number of esters is 4. The van der Waals surface area contributed by atoms with Gasteiger partial charge in [0.25, 0.3) is 0 Å². The molecule has 0 bridgehead atoms. The zero-order valence-electron chi connectivity index (χ0n) is 29.4. The van der Waals surface area contributed by atoms with Gasteiger partial charge >= 0.3 is 23.9 Å². The Kier molecular flexibility index (Phi) is 12.6. The summed E-state index contributed by atoms with van der Waals surface area (Å²) in [5.74, 6) is -1.09. The molecule has 0 spiro atoms. The maximum Gasteiger partial charge on any atom is 0.343 e. The number of aromatic nitrogens is 1. The van der Waals surface area contributed by atoms with E-state index in [1.165, 1.54) is 35.6 Å². The lowest BCUT2D eigenvalue weighted by Gasteiger charge is -2.11. The third kappa shape index (κ3) is 10.3. The van der Waals surface area contributed by atoms with Crippen LogP contribution >= 0.6 is 11.3 Å². The number of para-hydroxylation sites is 1. The first kappa shape index (κ1) is 38.2. The van der Waals surface area contributed by atoms with Crippen molar-refractivity contribution >= 4 is 56.8 Å². The second-order valence-electron chi connectivity index (χ2n) is 11.3. The van der Waals surface area contributed by atoms with Gasteiger partial charge in [0.15, 0.2) is 0 Å². The number of hydrazone groups is 1. The van der Waals surface area contributed by atoms with Gasteiger partial charge in [-0.2, -0.15) is 5.10 Å². The van der Waals surface area contributed by atoms with Crippen LogP contribution < -0.4 is 24.4 Å². The quantitative estimate of drug-likeness (QED) is 0.0253. The van der Waals surface area contributed by atoms with Crippen LogP contribution in [-0.2, 0) is 19.1 Å². The van der Waals surface area contributed by atoms with Gasteiger partial charge < -0.3 is 28.4 Å². The molecule has 0 saturated carbocycles. The molecule has 0 atom stereocenters. The molecule has 1 heterocycles. The van der Waals surface area contributed by atoms with Crippen molar-refractivity contribution in [2.24, 2.45) is 5.10 Å². The van der Waals surface area contributed by atoms with Crippen LogP contribution in [0.2, 0.25) is 0 Å². The van der Waals surface area contributed by atoms with Crippen LogP contribution in [0.4, 0.5) is 5.13 Å². The summed E-state index contributed by atoms with van der Waals surface area (Å²) in [6.07, 6.45) is 3.65. The Morgan fingerprint density at radius 2 is 1.20 bits per heavy atom. The Hall–Kier alpha value is -7.58. The number of anilines is 1. The van der Waals surface area contributed by atoms with E-state index in [1.807, 2.05) is 24.3 Å². The van der Waals surface area contributed by atoms with Crippen molar-refractivity contribution in [1.29, 1.82) is 0 Å². The molecular formula is C42H31N3O10S. The van der Waals surface area contributed by atoms with E-state index in [4.69, 9.17) is 28.4 Å². The average Bonchev–Trinajstić information content (AvgIpc) is 3.64. The van der Waals surface area contributed by atoms with Crippen LogP contribution in [0.1, 0.15) is 26.3 Å². The third-order valence-corrected chi connectivity index (χ3v) is 8.58. The number of carbonyl (C=O) groups excluding carboxylic acids is 4. The van der Waals surface area contributed by atoms with Gasteiger partial charge in [0, 0.05) is 17.7 Å². The molecule has 0 aliphatic rings. The number of carbonyl (C=O) groups is 4. The van der Waals surface area contributed by atoms with Gasteiger partial charge in [-0.3, -0.25) is 5.43 Å². The highest BCUT2D eigenvalue weighted by Crippen LogP contribution is 2.30. The van der Waals surface area contributed by atoms with E-state index in [9.17, 15) is 19.2 Å². The van der Waals surface area contributed by atoms with Gasteiger partial charge in [0.2, 0.25) is 18.7 Å². The Bertz CT molecular complexity index is 2370. The van der Waals surface area contributed by atoms with Gasteiger partial charge in [-0.05, 0) is 96.1 Å². The molecule has 14 heteroatoms. The molecule has 0 fully saturated rings. The summed E-state index contributed by atoms with van der Waals surface area (Å²) in [5, 5.41) is 5.02. The molecule has 13 nitrogen and oxygen atoms in total. The number of thiazole rings is 1. The van der Waals surface area contributed by atoms with Crippen molar-refractivity contribution in [3.8, 4) is 34.1 Å². The lowest BCUT2D eigenvalue weighted by atomic mass is 10.00. The summed E-state index contributed by atoms with van der Waals surface area (Å²) in [4.78, 5) is 52.9.